The molecule has 1 N–H and O–H groups in total. The van der Waals surface area contributed by atoms with E-state index in [-0.39, 0.29) is 23.5 Å². The molecular formula is C14H24N2O4. The highest BCUT2D eigenvalue weighted by Crippen LogP contribution is 2.36. The summed E-state index contributed by atoms with van der Waals surface area (Å²) in [5, 5.41) is 3.36. The molecule has 6 nitrogen and oxygen atoms in total. The zero-order chi connectivity index (χ0) is 15.0. The highest BCUT2D eigenvalue weighted by molar-refractivity contribution is 5.77. The largest absolute Gasteiger partial charge is 0.466 e. The summed E-state index contributed by atoms with van der Waals surface area (Å²) >= 11 is 0. The number of likely N-dealkylation sites (tertiary alicyclic amines) is 1. The first-order valence-corrected chi connectivity index (χ1v) is 7.17. The quantitative estimate of drug-likeness (QED) is 0.770. The lowest BCUT2D eigenvalue weighted by Crippen LogP contribution is -2.72. The number of carbonyl (C=O) groups is 2. The van der Waals surface area contributed by atoms with Crippen molar-refractivity contribution in [1.29, 1.82) is 0 Å². The molecule has 2 saturated heterocycles. The maximum atomic E-state index is 12.0. The maximum absolute atomic E-state index is 12.0. The number of ether oxygens (including phenoxy) is 2. The zero-order valence-corrected chi connectivity index (χ0v) is 12.7. The molecule has 0 aromatic heterocycles. The summed E-state index contributed by atoms with van der Waals surface area (Å²) in [6, 6.07) is 0. The fourth-order valence-corrected chi connectivity index (χ4v) is 2.87. The van der Waals surface area contributed by atoms with E-state index in [2.05, 4.69) is 5.32 Å². The molecule has 1 spiro atoms. The van der Waals surface area contributed by atoms with E-state index >= 15 is 0 Å². The molecule has 0 aromatic rings. The highest BCUT2D eigenvalue weighted by Gasteiger charge is 2.56. The van der Waals surface area contributed by atoms with E-state index in [4.69, 9.17) is 9.47 Å². The molecule has 0 aromatic carbocycles. The molecular weight excluding hydrogens is 260 g/mol. The number of amides is 1. The number of rotatable bonds is 2. The first kappa shape index (κ1) is 15.1. The van der Waals surface area contributed by atoms with Crippen molar-refractivity contribution < 1.29 is 19.1 Å². The van der Waals surface area contributed by atoms with E-state index in [9.17, 15) is 9.59 Å². The summed E-state index contributed by atoms with van der Waals surface area (Å²) in [6.07, 6.45) is 0.445. The Kier molecular flexibility index (Phi) is 3.95. The summed E-state index contributed by atoms with van der Waals surface area (Å²) in [5.41, 5.74) is -0.813. The average Bonchev–Trinajstić information content (AvgIpc) is 2.68. The molecule has 0 bridgehead atoms. The number of carbonyl (C=O) groups excluding carboxylic acids is 2. The van der Waals surface area contributed by atoms with Crippen molar-refractivity contribution in [2.45, 2.75) is 45.3 Å². The standard InChI is InChI=1S/C14H24N2O4/c1-5-19-11(17)10-6-7-15-14(10)8-16(9-14)12(18)20-13(2,3)4/h10,15H,5-9H2,1-4H3. The van der Waals surface area contributed by atoms with Crippen LogP contribution in [-0.2, 0) is 14.3 Å². The molecule has 2 heterocycles. The van der Waals surface area contributed by atoms with Gasteiger partial charge in [-0.2, -0.15) is 0 Å². The summed E-state index contributed by atoms with van der Waals surface area (Å²) in [4.78, 5) is 25.5. The fourth-order valence-electron chi connectivity index (χ4n) is 2.87. The number of nitrogens with one attached hydrogen (secondary N) is 1. The second-order valence-electron chi connectivity index (χ2n) is 6.51. The molecule has 2 aliphatic rings. The summed E-state index contributed by atoms with van der Waals surface area (Å²) in [6.45, 7) is 9.52. The predicted molar refractivity (Wildman–Crippen MR) is 73.3 cm³/mol. The zero-order valence-electron chi connectivity index (χ0n) is 12.7. The molecule has 0 saturated carbocycles. The van der Waals surface area contributed by atoms with Crippen LogP contribution in [0.2, 0.25) is 0 Å². The van der Waals surface area contributed by atoms with Crippen LogP contribution in [0, 0.1) is 5.92 Å². The Morgan fingerprint density at radius 1 is 1.35 bits per heavy atom. The van der Waals surface area contributed by atoms with Gasteiger partial charge < -0.3 is 19.7 Å². The molecule has 2 aliphatic heterocycles. The lowest BCUT2D eigenvalue weighted by molar-refractivity contribution is -0.153. The Balaban J connectivity index is 1.93. The normalized spacial score (nSPS) is 24.4. The van der Waals surface area contributed by atoms with Gasteiger partial charge in [-0.25, -0.2) is 4.79 Å². The molecule has 20 heavy (non-hydrogen) atoms. The number of hydrogen-bond acceptors (Lipinski definition) is 5. The van der Waals surface area contributed by atoms with Gasteiger partial charge in [-0.05, 0) is 40.7 Å². The first-order chi connectivity index (χ1) is 9.27. The second-order valence-corrected chi connectivity index (χ2v) is 6.51. The van der Waals surface area contributed by atoms with Crippen molar-refractivity contribution in [2.24, 2.45) is 5.92 Å². The average molecular weight is 284 g/mol. The van der Waals surface area contributed by atoms with E-state index in [1.807, 2.05) is 20.8 Å². The minimum Gasteiger partial charge on any atom is -0.466 e. The topological polar surface area (TPSA) is 67.9 Å². The SMILES string of the molecule is CCOC(=O)C1CCNC12CN(C(=O)OC(C)(C)C)C2. The van der Waals surface area contributed by atoms with Crippen molar-refractivity contribution in [3.63, 3.8) is 0 Å². The lowest BCUT2D eigenvalue weighted by atomic mass is 9.79. The molecule has 1 unspecified atom stereocenters. The van der Waals surface area contributed by atoms with Crippen molar-refractivity contribution in [3.8, 4) is 0 Å². The molecule has 0 aliphatic carbocycles. The first-order valence-electron chi connectivity index (χ1n) is 7.17. The molecule has 2 rings (SSSR count). The van der Waals surface area contributed by atoms with Gasteiger partial charge in [0, 0.05) is 13.1 Å². The summed E-state index contributed by atoms with van der Waals surface area (Å²) < 4.78 is 10.5. The van der Waals surface area contributed by atoms with Gasteiger partial charge in [0.1, 0.15) is 5.60 Å². The maximum Gasteiger partial charge on any atom is 0.410 e. The molecule has 1 atom stereocenters. The van der Waals surface area contributed by atoms with Crippen molar-refractivity contribution in [3.05, 3.63) is 0 Å². The Morgan fingerprint density at radius 3 is 2.55 bits per heavy atom. The molecule has 6 heteroatoms. The molecule has 2 fully saturated rings. The Bertz CT molecular complexity index is 396. The summed E-state index contributed by atoms with van der Waals surface area (Å²) in [7, 11) is 0. The lowest BCUT2D eigenvalue weighted by Gasteiger charge is -2.50. The smallest absolute Gasteiger partial charge is 0.410 e. The van der Waals surface area contributed by atoms with Gasteiger partial charge in [0.2, 0.25) is 0 Å². The third-order valence-electron chi connectivity index (χ3n) is 3.75. The third-order valence-corrected chi connectivity index (χ3v) is 3.75. The summed E-state index contributed by atoms with van der Waals surface area (Å²) in [5.74, 6) is -0.331. The monoisotopic (exact) mass is 284 g/mol. The van der Waals surface area contributed by atoms with Crippen molar-refractivity contribution in [2.75, 3.05) is 26.2 Å². The Morgan fingerprint density at radius 2 is 2.00 bits per heavy atom. The van der Waals surface area contributed by atoms with Crippen LogP contribution in [-0.4, -0.2) is 54.3 Å². The van der Waals surface area contributed by atoms with Crippen LogP contribution in [0.5, 0.6) is 0 Å². The van der Waals surface area contributed by atoms with Crippen LogP contribution in [0.15, 0.2) is 0 Å². The Labute approximate surface area is 119 Å². The van der Waals surface area contributed by atoms with E-state index in [0.717, 1.165) is 13.0 Å². The van der Waals surface area contributed by atoms with Gasteiger partial charge in [-0.1, -0.05) is 0 Å². The van der Waals surface area contributed by atoms with Gasteiger partial charge in [0.25, 0.3) is 0 Å². The van der Waals surface area contributed by atoms with Gasteiger partial charge in [0.05, 0.1) is 18.1 Å². The fraction of sp³-hybridized carbons (Fsp3) is 0.857. The van der Waals surface area contributed by atoms with Crippen molar-refractivity contribution >= 4 is 12.1 Å². The molecule has 0 radical (unpaired) electrons. The number of esters is 1. The molecule has 114 valence electrons. The highest BCUT2D eigenvalue weighted by atomic mass is 16.6. The minimum atomic E-state index is -0.497. The van der Waals surface area contributed by atoms with Crippen LogP contribution in [0.4, 0.5) is 4.79 Å². The predicted octanol–water partition coefficient (Wildman–Crippen LogP) is 1.15. The van der Waals surface area contributed by atoms with E-state index in [1.54, 1.807) is 11.8 Å². The molecule has 1 amide bonds. The van der Waals surface area contributed by atoms with Crippen LogP contribution >= 0.6 is 0 Å². The van der Waals surface area contributed by atoms with E-state index in [1.165, 1.54) is 0 Å². The van der Waals surface area contributed by atoms with Crippen molar-refractivity contribution in [1.82, 2.24) is 10.2 Å². The van der Waals surface area contributed by atoms with Gasteiger partial charge in [-0.15, -0.1) is 0 Å². The van der Waals surface area contributed by atoms with Gasteiger partial charge >= 0.3 is 12.1 Å². The van der Waals surface area contributed by atoms with Gasteiger partial charge in [-0.3, -0.25) is 4.79 Å². The number of hydrogen-bond donors (Lipinski definition) is 1. The van der Waals surface area contributed by atoms with E-state index < -0.39 is 5.60 Å². The second kappa shape index (κ2) is 5.24. The van der Waals surface area contributed by atoms with Crippen LogP contribution in [0.25, 0.3) is 0 Å². The third kappa shape index (κ3) is 2.90. The van der Waals surface area contributed by atoms with Crippen LogP contribution < -0.4 is 5.32 Å². The Hall–Kier alpha value is -1.30. The van der Waals surface area contributed by atoms with E-state index in [0.29, 0.717) is 19.7 Å². The minimum absolute atomic E-state index is 0.165. The number of nitrogens with zero attached hydrogens (tertiary/aromatic N) is 1. The van der Waals surface area contributed by atoms with Crippen LogP contribution in [0.1, 0.15) is 34.1 Å². The van der Waals surface area contributed by atoms with Gasteiger partial charge in [0.15, 0.2) is 0 Å². The van der Waals surface area contributed by atoms with Crippen LogP contribution in [0.3, 0.4) is 0 Å².